The highest BCUT2D eigenvalue weighted by molar-refractivity contribution is 7.13. The quantitative estimate of drug-likeness (QED) is 0.890. The summed E-state index contributed by atoms with van der Waals surface area (Å²) >= 11 is 1.57. The van der Waals surface area contributed by atoms with Crippen LogP contribution < -0.4 is 5.73 Å². The summed E-state index contributed by atoms with van der Waals surface area (Å²) in [5, 5.41) is 2.94. The third-order valence-electron chi connectivity index (χ3n) is 2.37. The van der Waals surface area contributed by atoms with Gasteiger partial charge in [0.15, 0.2) is 0 Å². The van der Waals surface area contributed by atoms with Crippen molar-refractivity contribution < 1.29 is 4.39 Å². The largest absolute Gasteiger partial charge is 0.330 e. The van der Waals surface area contributed by atoms with Gasteiger partial charge in [-0.3, -0.25) is 0 Å². The van der Waals surface area contributed by atoms with Crippen LogP contribution in [0.4, 0.5) is 4.39 Å². The zero-order valence-electron chi connectivity index (χ0n) is 9.03. The van der Waals surface area contributed by atoms with Crippen molar-refractivity contribution in [3.05, 3.63) is 40.7 Å². The number of hydrogen-bond acceptors (Lipinski definition) is 3. The fraction of sp³-hybridized carbons (Fsp3) is 0.250. The Morgan fingerprint density at radius 3 is 2.94 bits per heavy atom. The van der Waals surface area contributed by atoms with Crippen molar-refractivity contribution >= 4 is 11.3 Å². The van der Waals surface area contributed by atoms with Gasteiger partial charge in [-0.05, 0) is 37.2 Å². The van der Waals surface area contributed by atoms with Crippen molar-refractivity contribution in [3.8, 4) is 10.6 Å². The van der Waals surface area contributed by atoms with Gasteiger partial charge in [0.1, 0.15) is 10.8 Å². The number of rotatable bonds is 3. The fourth-order valence-electron chi connectivity index (χ4n) is 1.56. The van der Waals surface area contributed by atoms with Crippen molar-refractivity contribution in [2.45, 2.75) is 13.3 Å². The molecule has 0 spiro atoms. The molecule has 0 saturated carbocycles. The second-order valence-electron chi connectivity index (χ2n) is 3.64. The first-order valence-electron chi connectivity index (χ1n) is 5.11. The second kappa shape index (κ2) is 4.72. The lowest BCUT2D eigenvalue weighted by molar-refractivity contribution is 0.627. The first-order chi connectivity index (χ1) is 7.70. The molecule has 2 rings (SSSR count). The molecule has 0 aliphatic carbocycles. The van der Waals surface area contributed by atoms with Crippen LogP contribution in [0.25, 0.3) is 10.6 Å². The maximum Gasteiger partial charge on any atom is 0.123 e. The first-order valence-corrected chi connectivity index (χ1v) is 5.99. The number of aryl methyl sites for hydroxylation is 1. The molecular formula is C12H13FN2S. The summed E-state index contributed by atoms with van der Waals surface area (Å²) in [7, 11) is 0. The molecule has 1 aromatic carbocycles. The Morgan fingerprint density at radius 1 is 1.44 bits per heavy atom. The fourth-order valence-corrected chi connectivity index (χ4v) is 2.50. The lowest BCUT2D eigenvalue weighted by Gasteiger charge is -2.01. The minimum Gasteiger partial charge on any atom is -0.330 e. The van der Waals surface area contributed by atoms with E-state index in [-0.39, 0.29) is 5.82 Å². The predicted octanol–water partition coefficient (Wildman–Crippen LogP) is 2.76. The zero-order chi connectivity index (χ0) is 11.5. The highest BCUT2D eigenvalue weighted by Crippen LogP contribution is 2.27. The van der Waals surface area contributed by atoms with Gasteiger partial charge in [-0.2, -0.15) is 0 Å². The first kappa shape index (κ1) is 11.2. The van der Waals surface area contributed by atoms with Gasteiger partial charge in [0.2, 0.25) is 0 Å². The van der Waals surface area contributed by atoms with E-state index in [4.69, 9.17) is 5.73 Å². The Kier molecular flexibility index (Phi) is 3.31. The summed E-state index contributed by atoms with van der Waals surface area (Å²) in [4.78, 5) is 4.48. The average Bonchev–Trinajstić information content (AvgIpc) is 2.67. The van der Waals surface area contributed by atoms with Crippen molar-refractivity contribution in [2.75, 3.05) is 6.54 Å². The third-order valence-corrected chi connectivity index (χ3v) is 3.30. The molecule has 1 aromatic heterocycles. The van der Waals surface area contributed by atoms with E-state index in [9.17, 15) is 4.39 Å². The number of benzene rings is 1. The normalized spacial score (nSPS) is 10.7. The molecule has 0 fully saturated rings. The number of nitrogens with two attached hydrogens (primary N) is 1. The van der Waals surface area contributed by atoms with Crippen LogP contribution in [0.5, 0.6) is 0 Å². The summed E-state index contributed by atoms with van der Waals surface area (Å²) in [6, 6.07) is 4.77. The molecule has 0 bridgehead atoms. The molecular weight excluding hydrogens is 223 g/mol. The molecule has 0 atom stereocenters. The Hall–Kier alpha value is -1.26. The number of hydrogen-bond donors (Lipinski definition) is 1. The molecule has 16 heavy (non-hydrogen) atoms. The third kappa shape index (κ3) is 2.28. The van der Waals surface area contributed by atoms with E-state index < -0.39 is 0 Å². The number of halogens is 1. The van der Waals surface area contributed by atoms with E-state index in [1.165, 1.54) is 12.1 Å². The number of nitrogens with zero attached hydrogens (tertiary/aromatic N) is 1. The number of aromatic nitrogens is 1. The van der Waals surface area contributed by atoms with Crippen LogP contribution in [0, 0.1) is 12.7 Å². The van der Waals surface area contributed by atoms with Crippen molar-refractivity contribution in [2.24, 2.45) is 5.73 Å². The zero-order valence-corrected chi connectivity index (χ0v) is 9.85. The Labute approximate surface area is 97.9 Å². The topological polar surface area (TPSA) is 38.9 Å². The van der Waals surface area contributed by atoms with Crippen LogP contribution in [0.3, 0.4) is 0 Å². The van der Waals surface area contributed by atoms with Crippen LogP contribution >= 0.6 is 11.3 Å². The Morgan fingerprint density at radius 2 is 2.25 bits per heavy atom. The Balaban J connectivity index is 2.35. The smallest absolute Gasteiger partial charge is 0.123 e. The van der Waals surface area contributed by atoms with Gasteiger partial charge in [0.05, 0.1) is 5.69 Å². The monoisotopic (exact) mass is 236 g/mol. The molecule has 4 heteroatoms. The maximum absolute atomic E-state index is 13.0. The molecule has 2 N–H and O–H groups in total. The highest BCUT2D eigenvalue weighted by Gasteiger charge is 2.07. The standard InChI is InChI=1S/C12H13FN2S/c1-8-6-9(13)2-3-11(8)12-15-10(4-5-14)7-16-12/h2-3,6-7H,4-5,14H2,1H3. The molecule has 2 aromatic rings. The molecule has 0 aliphatic heterocycles. The van der Waals surface area contributed by atoms with Crippen molar-refractivity contribution in [1.82, 2.24) is 4.98 Å². The van der Waals surface area contributed by atoms with Crippen LogP contribution in [-0.4, -0.2) is 11.5 Å². The van der Waals surface area contributed by atoms with E-state index in [0.29, 0.717) is 6.54 Å². The van der Waals surface area contributed by atoms with Gasteiger partial charge in [-0.25, -0.2) is 9.37 Å². The molecule has 1 heterocycles. The maximum atomic E-state index is 13.0. The predicted molar refractivity (Wildman–Crippen MR) is 65.0 cm³/mol. The van der Waals surface area contributed by atoms with E-state index >= 15 is 0 Å². The summed E-state index contributed by atoms with van der Waals surface area (Å²) < 4.78 is 13.0. The molecule has 0 amide bonds. The van der Waals surface area contributed by atoms with E-state index in [1.54, 1.807) is 17.4 Å². The average molecular weight is 236 g/mol. The van der Waals surface area contributed by atoms with Gasteiger partial charge in [0.25, 0.3) is 0 Å². The van der Waals surface area contributed by atoms with Gasteiger partial charge in [-0.15, -0.1) is 11.3 Å². The minimum atomic E-state index is -0.208. The lowest BCUT2D eigenvalue weighted by atomic mass is 10.1. The minimum absolute atomic E-state index is 0.208. The number of thiazole rings is 1. The van der Waals surface area contributed by atoms with Gasteiger partial charge in [0, 0.05) is 17.4 Å². The van der Waals surface area contributed by atoms with Crippen LogP contribution in [0.2, 0.25) is 0 Å². The second-order valence-corrected chi connectivity index (χ2v) is 4.50. The molecule has 0 saturated heterocycles. The van der Waals surface area contributed by atoms with Crippen LogP contribution in [0.15, 0.2) is 23.6 Å². The van der Waals surface area contributed by atoms with Crippen molar-refractivity contribution in [3.63, 3.8) is 0 Å². The van der Waals surface area contributed by atoms with Gasteiger partial charge >= 0.3 is 0 Å². The summed E-state index contributed by atoms with van der Waals surface area (Å²) in [5.74, 6) is -0.208. The molecule has 0 aliphatic rings. The van der Waals surface area contributed by atoms with Crippen LogP contribution in [0.1, 0.15) is 11.3 Å². The van der Waals surface area contributed by atoms with E-state index in [0.717, 1.165) is 28.2 Å². The SMILES string of the molecule is Cc1cc(F)ccc1-c1nc(CCN)cs1. The van der Waals surface area contributed by atoms with Crippen molar-refractivity contribution in [1.29, 1.82) is 0 Å². The summed E-state index contributed by atoms with van der Waals surface area (Å²) in [6.07, 6.45) is 0.788. The van der Waals surface area contributed by atoms with E-state index in [1.807, 2.05) is 12.3 Å². The van der Waals surface area contributed by atoms with E-state index in [2.05, 4.69) is 4.98 Å². The highest BCUT2D eigenvalue weighted by atomic mass is 32.1. The summed E-state index contributed by atoms with van der Waals surface area (Å²) in [6.45, 7) is 2.49. The van der Waals surface area contributed by atoms with Gasteiger partial charge in [-0.1, -0.05) is 0 Å². The summed E-state index contributed by atoms with van der Waals surface area (Å²) in [5.41, 5.74) is 8.38. The Bertz CT molecular complexity index is 494. The lowest BCUT2D eigenvalue weighted by Crippen LogP contribution is -2.02. The molecule has 84 valence electrons. The molecule has 0 unspecified atom stereocenters. The van der Waals surface area contributed by atoms with Crippen LogP contribution in [-0.2, 0) is 6.42 Å². The molecule has 2 nitrogen and oxygen atoms in total. The molecule has 0 radical (unpaired) electrons. The van der Waals surface area contributed by atoms with Gasteiger partial charge < -0.3 is 5.73 Å².